The van der Waals surface area contributed by atoms with Crippen molar-refractivity contribution in [1.29, 1.82) is 0 Å². The zero-order valence-electron chi connectivity index (χ0n) is 19.8. The summed E-state index contributed by atoms with van der Waals surface area (Å²) in [7, 11) is 1.98. The highest BCUT2D eigenvalue weighted by atomic mass is 15.3. The Morgan fingerprint density at radius 1 is 0.848 bits per heavy atom. The SMILES string of the molecule is Cc1nnc(CNC(=NCc2ccccc2)NCc2ccc(CN3CCCCC3)cc2)n1C. The van der Waals surface area contributed by atoms with E-state index < -0.39 is 0 Å². The van der Waals surface area contributed by atoms with Gasteiger partial charge in [-0.3, -0.25) is 4.90 Å². The molecule has 4 rings (SSSR count). The van der Waals surface area contributed by atoms with Gasteiger partial charge in [0.05, 0.1) is 13.1 Å². The van der Waals surface area contributed by atoms with E-state index in [-0.39, 0.29) is 0 Å². The van der Waals surface area contributed by atoms with E-state index in [1.807, 2.05) is 36.7 Å². The van der Waals surface area contributed by atoms with Crippen LogP contribution in [0.2, 0.25) is 0 Å². The number of hydrogen-bond acceptors (Lipinski definition) is 4. The van der Waals surface area contributed by atoms with Crippen LogP contribution in [0.25, 0.3) is 0 Å². The van der Waals surface area contributed by atoms with Gasteiger partial charge in [-0.25, -0.2) is 4.99 Å². The molecular weight excluding hydrogens is 410 g/mol. The fourth-order valence-electron chi connectivity index (χ4n) is 4.02. The number of aryl methyl sites for hydroxylation is 1. The first-order valence-electron chi connectivity index (χ1n) is 11.9. The van der Waals surface area contributed by atoms with Gasteiger partial charge in [0.1, 0.15) is 5.82 Å². The lowest BCUT2D eigenvalue weighted by atomic mass is 10.1. The van der Waals surface area contributed by atoms with Gasteiger partial charge in [-0.1, -0.05) is 61.0 Å². The Morgan fingerprint density at radius 3 is 2.24 bits per heavy atom. The normalized spacial score (nSPS) is 14.9. The van der Waals surface area contributed by atoms with Crippen molar-refractivity contribution in [3.05, 3.63) is 82.9 Å². The number of benzene rings is 2. The van der Waals surface area contributed by atoms with Gasteiger partial charge < -0.3 is 15.2 Å². The molecule has 0 radical (unpaired) electrons. The summed E-state index contributed by atoms with van der Waals surface area (Å²) < 4.78 is 1.99. The Hall–Kier alpha value is -3.19. The highest BCUT2D eigenvalue weighted by molar-refractivity contribution is 5.79. The topological polar surface area (TPSA) is 70.4 Å². The predicted molar refractivity (Wildman–Crippen MR) is 133 cm³/mol. The van der Waals surface area contributed by atoms with Crippen LogP contribution in [-0.2, 0) is 33.2 Å². The molecule has 0 aliphatic carbocycles. The smallest absolute Gasteiger partial charge is 0.192 e. The summed E-state index contributed by atoms with van der Waals surface area (Å²) in [6.07, 6.45) is 4.03. The van der Waals surface area contributed by atoms with Crippen molar-refractivity contribution in [2.45, 2.75) is 52.4 Å². The van der Waals surface area contributed by atoms with Gasteiger partial charge in [0.25, 0.3) is 0 Å². The van der Waals surface area contributed by atoms with Crippen molar-refractivity contribution in [2.75, 3.05) is 13.1 Å². The Bertz CT molecular complexity index is 1020. The van der Waals surface area contributed by atoms with Crippen LogP contribution in [0.15, 0.2) is 59.6 Å². The van der Waals surface area contributed by atoms with Crippen LogP contribution in [0.4, 0.5) is 0 Å². The molecule has 0 saturated carbocycles. The van der Waals surface area contributed by atoms with Crippen molar-refractivity contribution >= 4 is 5.96 Å². The van der Waals surface area contributed by atoms with Gasteiger partial charge in [-0.05, 0) is 49.5 Å². The quantitative estimate of drug-likeness (QED) is 0.410. The van der Waals surface area contributed by atoms with Crippen LogP contribution in [0.1, 0.15) is 47.6 Å². The molecule has 7 heteroatoms. The van der Waals surface area contributed by atoms with E-state index in [0.29, 0.717) is 19.6 Å². The number of nitrogens with one attached hydrogen (secondary N) is 2. The molecule has 174 valence electrons. The summed E-state index contributed by atoms with van der Waals surface area (Å²) in [6, 6.07) is 19.2. The molecule has 0 atom stereocenters. The molecule has 1 fully saturated rings. The van der Waals surface area contributed by atoms with Crippen molar-refractivity contribution in [3.63, 3.8) is 0 Å². The highest BCUT2D eigenvalue weighted by Gasteiger charge is 2.10. The van der Waals surface area contributed by atoms with Gasteiger partial charge in [0, 0.05) is 20.1 Å². The molecule has 1 aliphatic heterocycles. The Labute approximate surface area is 197 Å². The molecular formula is C26H35N7. The number of likely N-dealkylation sites (tertiary alicyclic amines) is 1. The van der Waals surface area contributed by atoms with Gasteiger partial charge in [-0.2, -0.15) is 0 Å². The number of piperidine rings is 1. The van der Waals surface area contributed by atoms with E-state index >= 15 is 0 Å². The maximum Gasteiger partial charge on any atom is 0.192 e. The number of hydrogen-bond donors (Lipinski definition) is 2. The Morgan fingerprint density at radius 2 is 1.55 bits per heavy atom. The molecule has 0 unspecified atom stereocenters. The maximum absolute atomic E-state index is 4.79. The van der Waals surface area contributed by atoms with E-state index in [1.54, 1.807) is 0 Å². The highest BCUT2D eigenvalue weighted by Crippen LogP contribution is 2.13. The second kappa shape index (κ2) is 11.6. The van der Waals surface area contributed by atoms with Crippen molar-refractivity contribution in [2.24, 2.45) is 12.0 Å². The molecule has 0 spiro atoms. The van der Waals surface area contributed by atoms with Crippen LogP contribution >= 0.6 is 0 Å². The Balaban J connectivity index is 1.36. The Kier molecular flexibility index (Phi) is 8.09. The minimum absolute atomic E-state index is 0.562. The van der Waals surface area contributed by atoms with Crippen LogP contribution in [0.3, 0.4) is 0 Å². The van der Waals surface area contributed by atoms with Gasteiger partial charge in [0.15, 0.2) is 11.8 Å². The molecule has 2 heterocycles. The molecule has 0 bridgehead atoms. The third-order valence-corrected chi connectivity index (χ3v) is 6.20. The number of rotatable bonds is 8. The fraction of sp³-hybridized carbons (Fsp3) is 0.423. The van der Waals surface area contributed by atoms with Crippen LogP contribution in [0, 0.1) is 6.92 Å². The number of aromatic nitrogens is 3. The van der Waals surface area contributed by atoms with Crippen LogP contribution < -0.4 is 10.6 Å². The monoisotopic (exact) mass is 445 g/mol. The summed E-state index contributed by atoms with van der Waals surface area (Å²) in [4.78, 5) is 7.34. The summed E-state index contributed by atoms with van der Waals surface area (Å²) in [5.74, 6) is 2.54. The molecule has 7 nitrogen and oxygen atoms in total. The average Bonchev–Trinajstić information content (AvgIpc) is 3.18. The summed E-state index contributed by atoms with van der Waals surface area (Å²) in [5.41, 5.74) is 3.80. The molecule has 33 heavy (non-hydrogen) atoms. The molecule has 1 aliphatic rings. The minimum Gasteiger partial charge on any atom is -0.352 e. The van der Waals surface area contributed by atoms with E-state index in [0.717, 1.165) is 24.2 Å². The molecule has 2 aromatic carbocycles. The molecule has 1 saturated heterocycles. The zero-order valence-corrected chi connectivity index (χ0v) is 19.8. The van der Waals surface area contributed by atoms with Crippen molar-refractivity contribution < 1.29 is 0 Å². The summed E-state index contributed by atoms with van der Waals surface area (Å²) >= 11 is 0. The minimum atomic E-state index is 0.562. The van der Waals surface area contributed by atoms with Gasteiger partial charge >= 0.3 is 0 Å². The lowest BCUT2D eigenvalue weighted by Gasteiger charge is -2.26. The number of guanidine groups is 1. The first-order valence-corrected chi connectivity index (χ1v) is 11.9. The molecule has 2 N–H and O–H groups in total. The van der Waals surface area contributed by atoms with E-state index in [2.05, 4.69) is 62.1 Å². The zero-order chi connectivity index (χ0) is 22.9. The maximum atomic E-state index is 4.79. The van der Waals surface area contributed by atoms with E-state index in [1.165, 1.54) is 49.0 Å². The summed E-state index contributed by atoms with van der Waals surface area (Å²) in [6.45, 7) is 7.34. The van der Waals surface area contributed by atoms with E-state index in [9.17, 15) is 0 Å². The molecule has 0 amide bonds. The van der Waals surface area contributed by atoms with Crippen molar-refractivity contribution in [1.82, 2.24) is 30.3 Å². The second-order valence-electron chi connectivity index (χ2n) is 8.73. The fourth-order valence-corrected chi connectivity index (χ4v) is 4.02. The average molecular weight is 446 g/mol. The van der Waals surface area contributed by atoms with Gasteiger partial charge in [0.2, 0.25) is 0 Å². The van der Waals surface area contributed by atoms with Crippen molar-refractivity contribution in [3.8, 4) is 0 Å². The molecule has 3 aromatic rings. The largest absolute Gasteiger partial charge is 0.352 e. The standard InChI is InChI=1S/C26H35N7/c1-21-30-31-25(32(21)2)19-29-26(27-17-22-9-5-3-6-10-22)28-18-23-11-13-24(14-12-23)20-33-15-7-4-8-16-33/h3,5-6,9-14H,4,7-8,15-20H2,1-2H3,(H2,27,28,29). The predicted octanol–water partition coefficient (Wildman–Crippen LogP) is 3.55. The molecule has 1 aromatic heterocycles. The first kappa shape index (κ1) is 23.0. The third-order valence-electron chi connectivity index (χ3n) is 6.20. The second-order valence-corrected chi connectivity index (χ2v) is 8.73. The third kappa shape index (κ3) is 6.89. The lowest BCUT2D eigenvalue weighted by Crippen LogP contribution is -2.37. The van der Waals surface area contributed by atoms with Crippen LogP contribution in [0.5, 0.6) is 0 Å². The number of aliphatic imine (C=N–C) groups is 1. The summed E-state index contributed by atoms with van der Waals surface area (Å²) in [5, 5.41) is 15.3. The number of nitrogens with zero attached hydrogens (tertiary/aromatic N) is 5. The van der Waals surface area contributed by atoms with Gasteiger partial charge in [-0.15, -0.1) is 10.2 Å². The van der Waals surface area contributed by atoms with E-state index in [4.69, 9.17) is 4.99 Å². The van der Waals surface area contributed by atoms with Crippen LogP contribution in [-0.4, -0.2) is 38.7 Å². The lowest BCUT2D eigenvalue weighted by molar-refractivity contribution is 0.221. The first-order chi connectivity index (χ1) is 16.2.